The molecule has 50 heavy (non-hydrogen) atoms. The van der Waals surface area contributed by atoms with Crippen molar-refractivity contribution in [3.63, 3.8) is 0 Å². The molecular weight excluding hydrogens is 676 g/mol. The third-order valence-corrected chi connectivity index (χ3v) is 13.8. The van der Waals surface area contributed by atoms with Crippen LogP contribution in [-0.2, 0) is 10.8 Å². The van der Waals surface area contributed by atoms with Crippen molar-refractivity contribution >= 4 is 22.7 Å². The predicted octanol–water partition coefficient (Wildman–Crippen LogP) is 13.7. The zero-order chi connectivity index (χ0) is 35.7. The smallest absolute Gasteiger partial charge is 0.194 e. The fourth-order valence-electron chi connectivity index (χ4n) is 7.40. The number of benzene rings is 4. The standard InChI is InChI=1S/C43H37F5S2/c1-7-42(5,28-21-34(45)41(48)35(46)22-28)26-10-12-30-29-11-9-25(18-31(29)24(4)32(30)19-26)36-13-14-37(49-36)38-15-16-39(50-38)43(6,8-2)27-17-23(3)40(47)33(44)20-27/h9-22,24H,7-8H2,1-6H3. The first-order valence-corrected chi connectivity index (χ1v) is 18.5. The van der Waals surface area contributed by atoms with E-state index >= 15 is 0 Å². The molecule has 6 aromatic rings. The maximum absolute atomic E-state index is 14.4. The van der Waals surface area contributed by atoms with Gasteiger partial charge in [-0.25, -0.2) is 22.0 Å². The summed E-state index contributed by atoms with van der Waals surface area (Å²) in [5.74, 6) is -5.31. The molecule has 0 radical (unpaired) electrons. The average molecular weight is 713 g/mol. The first-order chi connectivity index (χ1) is 23.8. The fraction of sp³-hybridized carbons (Fsp3) is 0.256. The highest BCUT2D eigenvalue weighted by atomic mass is 32.1. The van der Waals surface area contributed by atoms with E-state index < -0.39 is 39.9 Å². The summed E-state index contributed by atoms with van der Waals surface area (Å²) < 4.78 is 70.9. The van der Waals surface area contributed by atoms with Crippen LogP contribution in [0.25, 0.3) is 31.3 Å². The summed E-state index contributed by atoms with van der Waals surface area (Å²) in [6, 6.07) is 26.7. The van der Waals surface area contributed by atoms with Crippen molar-refractivity contribution in [2.24, 2.45) is 0 Å². The second-order valence-corrected chi connectivity index (χ2v) is 16.0. The van der Waals surface area contributed by atoms with Crippen LogP contribution in [-0.4, -0.2) is 0 Å². The molecular formula is C43H37F5S2. The van der Waals surface area contributed by atoms with E-state index in [9.17, 15) is 22.0 Å². The molecule has 3 atom stereocenters. The van der Waals surface area contributed by atoms with Crippen LogP contribution >= 0.6 is 22.7 Å². The average Bonchev–Trinajstić information content (AvgIpc) is 3.87. The minimum Gasteiger partial charge on any atom is -0.204 e. The van der Waals surface area contributed by atoms with E-state index in [2.05, 4.69) is 75.4 Å². The van der Waals surface area contributed by atoms with Gasteiger partial charge in [0.15, 0.2) is 29.1 Å². The van der Waals surface area contributed by atoms with Gasteiger partial charge in [-0.3, -0.25) is 0 Å². The Balaban J connectivity index is 1.17. The van der Waals surface area contributed by atoms with Gasteiger partial charge in [-0.05, 0) is 118 Å². The van der Waals surface area contributed by atoms with Gasteiger partial charge in [-0.1, -0.05) is 71.0 Å². The van der Waals surface area contributed by atoms with Gasteiger partial charge < -0.3 is 0 Å². The quantitative estimate of drug-likeness (QED) is 0.109. The Morgan fingerprint density at radius 2 is 1.10 bits per heavy atom. The maximum Gasteiger partial charge on any atom is 0.194 e. The topological polar surface area (TPSA) is 0 Å². The summed E-state index contributed by atoms with van der Waals surface area (Å²) in [5, 5.41) is 0. The first kappa shape index (κ1) is 34.4. The van der Waals surface area contributed by atoms with Gasteiger partial charge in [-0.2, -0.15) is 0 Å². The molecule has 2 aromatic heterocycles. The maximum atomic E-state index is 14.4. The molecule has 0 N–H and O–H groups in total. The molecule has 0 bridgehead atoms. The number of halogens is 5. The van der Waals surface area contributed by atoms with E-state index in [4.69, 9.17) is 0 Å². The minimum absolute atomic E-state index is 0.105. The Morgan fingerprint density at radius 1 is 0.560 bits per heavy atom. The van der Waals surface area contributed by atoms with Crippen LogP contribution in [0.2, 0.25) is 0 Å². The summed E-state index contributed by atoms with van der Waals surface area (Å²) in [6.45, 7) is 11.9. The molecule has 0 amide bonds. The lowest BCUT2D eigenvalue weighted by molar-refractivity contribution is 0.437. The SMILES string of the molecule is CCC(C)(c1cc(F)c(F)c(F)c1)c1ccc2c(c1)C(C)c1cc(-c3ccc(-c4ccc(C(C)(CC)c5cc(C)c(F)c(F)c5)s4)s3)ccc1-2. The number of rotatable bonds is 8. The number of thiophene rings is 2. The molecule has 4 aromatic carbocycles. The van der Waals surface area contributed by atoms with Gasteiger partial charge in [0, 0.05) is 36.3 Å². The summed E-state index contributed by atoms with van der Waals surface area (Å²) in [4.78, 5) is 4.53. The molecule has 0 spiro atoms. The number of fused-ring (bicyclic) bond motifs is 3. The Morgan fingerprint density at radius 3 is 1.74 bits per heavy atom. The second kappa shape index (κ2) is 12.6. The van der Waals surface area contributed by atoms with Gasteiger partial charge in [0.1, 0.15) is 0 Å². The summed E-state index contributed by atoms with van der Waals surface area (Å²) in [5.41, 5.74) is 7.09. The molecule has 7 heteroatoms. The number of hydrogen-bond acceptors (Lipinski definition) is 2. The van der Waals surface area contributed by atoms with E-state index in [1.807, 2.05) is 19.9 Å². The van der Waals surface area contributed by atoms with Crippen LogP contribution in [0.1, 0.15) is 91.6 Å². The molecule has 0 aliphatic heterocycles. The normalized spacial score (nSPS) is 16.2. The van der Waals surface area contributed by atoms with Crippen molar-refractivity contribution in [2.45, 2.75) is 71.1 Å². The van der Waals surface area contributed by atoms with E-state index in [1.54, 1.807) is 35.7 Å². The van der Waals surface area contributed by atoms with Gasteiger partial charge in [0.05, 0.1) is 0 Å². The molecule has 0 nitrogen and oxygen atoms in total. The van der Waals surface area contributed by atoms with Crippen LogP contribution in [0.4, 0.5) is 22.0 Å². The molecule has 0 saturated heterocycles. The second-order valence-electron chi connectivity index (χ2n) is 13.9. The third-order valence-electron chi connectivity index (χ3n) is 11.1. The highest BCUT2D eigenvalue weighted by Crippen LogP contribution is 2.50. The van der Waals surface area contributed by atoms with Crippen molar-refractivity contribution in [3.05, 3.63) is 152 Å². The lowest BCUT2D eigenvalue weighted by Crippen LogP contribution is -2.23. The lowest BCUT2D eigenvalue weighted by Gasteiger charge is -2.31. The van der Waals surface area contributed by atoms with Crippen molar-refractivity contribution in [2.75, 3.05) is 0 Å². The van der Waals surface area contributed by atoms with Crippen molar-refractivity contribution in [1.29, 1.82) is 0 Å². The van der Waals surface area contributed by atoms with Crippen LogP contribution in [0.3, 0.4) is 0 Å². The molecule has 256 valence electrons. The largest absolute Gasteiger partial charge is 0.204 e. The van der Waals surface area contributed by atoms with E-state index in [1.165, 1.54) is 17.2 Å². The summed E-state index contributed by atoms with van der Waals surface area (Å²) >= 11 is 3.41. The summed E-state index contributed by atoms with van der Waals surface area (Å²) in [6.07, 6.45) is 1.32. The number of hydrogen-bond donors (Lipinski definition) is 0. The van der Waals surface area contributed by atoms with Crippen molar-refractivity contribution in [3.8, 4) is 31.3 Å². The van der Waals surface area contributed by atoms with Crippen molar-refractivity contribution < 1.29 is 22.0 Å². The van der Waals surface area contributed by atoms with Gasteiger partial charge >= 0.3 is 0 Å². The molecule has 7 rings (SSSR count). The van der Waals surface area contributed by atoms with Crippen LogP contribution < -0.4 is 0 Å². The Hall–Kier alpha value is -4.07. The van der Waals surface area contributed by atoms with Gasteiger partial charge in [0.25, 0.3) is 0 Å². The summed E-state index contributed by atoms with van der Waals surface area (Å²) in [7, 11) is 0. The van der Waals surface area contributed by atoms with E-state index in [0.717, 1.165) is 65.9 Å². The molecule has 2 heterocycles. The molecule has 3 unspecified atom stereocenters. The van der Waals surface area contributed by atoms with E-state index in [0.29, 0.717) is 17.5 Å². The Bertz CT molecular complexity index is 2230. The zero-order valence-corrected chi connectivity index (χ0v) is 30.4. The Labute approximate surface area is 298 Å². The fourth-order valence-corrected chi connectivity index (χ4v) is 9.74. The monoisotopic (exact) mass is 712 g/mol. The van der Waals surface area contributed by atoms with Crippen LogP contribution in [0.15, 0.2) is 84.9 Å². The predicted molar refractivity (Wildman–Crippen MR) is 197 cm³/mol. The molecule has 1 aliphatic carbocycles. The highest BCUT2D eigenvalue weighted by Gasteiger charge is 2.34. The van der Waals surface area contributed by atoms with Gasteiger partial charge in [-0.15, -0.1) is 22.7 Å². The van der Waals surface area contributed by atoms with Crippen LogP contribution in [0.5, 0.6) is 0 Å². The minimum atomic E-state index is -1.45. The molecule has 0 saturated carbocycles. The van der Waals surface area contributed by atoms with Crippen molar-refractivity contribution in [1.82, 2.24) is 0 Å². The molecule has 0 fully saturated rings. The Kier molecular flexibility index (Phi) is 8.67. The first-order valence-electron chi connectivity index (χ1n) is 16.9. The van der Waals surface area contributed by atoms with Gasteiger partial charge in [0.2, 0.25) is 0 Å². The third kappa shape index (κ3) is 5.45. The highest BCUT2D eigenvalue weighted by molar-refractivity contribution is 7.24. The number of aryl methyl sites for hydroxylation is 1. The van der Waals surface area contributed by atoms with Crippen LogP contribution in [0, 0.1) is 36.0 Å². The zero-order valence-electron chi connectivity index (χ0n) is 28.8. The molecule has 1 aliphatic rings. The lowest BCUT2D eigenvalue weighted by atomic mass is 9.73. The van der Waals surface area contributed by atoms with E-state index in [-0.39, 0.29) is 5.92 Å².